The van der Waals surface area contributed by atoms with Crippen LogP contribution in [0.15, 0.2) is 24.3 Å². The van der Waals surface area contributed by atoms with Gasteiger partial charge in [0.2, 0.25) is 0 Å². The molecule has 5 nitrogen and oxygen atoms in total. The fourth-order valence-corrected chi connectivity index (χ4v) is 1.42. The summed E-state index contributed by atoms with van der Waals surface area (Å²) in [5, 5.41) is 4.81. The van der Waals surface area contributed by atoms with Crippen molar-refractivity contribution in [3.63, 3.8) is 0 Å². The predicted octanol–water partition coefficient (Wildman–Crippen LogP) is 1.95. The maximum atomic E-state index is 12.0. The summed E-state index contributed by atoms with van der Waals surface area (Å²) in [4.78, 5) is 23.1. The number of hydrogen-bond donors (Lipinski definition) is 2. The summed E-state index contributed by atoms with van der Waals surface area (Å²) in [6, 6.07) is 6.01. The van der Waals surface area contributed by atoms with E-state index in [-0.39, 0.29) is 5.91 Å². The molecule has 21 heavy (non-hydrogen) atoms. The van der Waals surface area contributed by atoms with Crippen LogP contribution < -0.4 is 10.6 Å². The van der Waals surface area contributed by atoms with Crippen LogP contribution in [0, 0.1) is 0 Å². The Bertz CT molecular complexity index is 518. The Hall–Kier alpha value is -2.09. The number of hydrogen-bond acceptors (Lipinski definition) is 3. The van der Waals surface area contributed by atoms with Crippen LogP contribution in [-0.4, -0.2) is 37.7 Å². The lowest BCUT2D eigenvalue weighted by Crippen LogP contribution is -2.31. The maximum absolute atomic E-state index is 12.0. The van der Waals surface area contributed by atoms with Gasteiger partial charge in [0.1, 0.15) is 12.7 Å². The first kappa shape index (κ1) is 17.0. The predicted molar refractivity (Wildman–Crippen MR) is 69.9 cm³/mol. The second kappa shape index (κ2) is 7.07. The van der Waals surface area contributed by atoms with Crippen molar-refractivity contribution < 1.29 is 27.5 Å². The van der Waals surface area contributed by atoms with E-state index in [9.17, 15) is 22.8 Å². The first-order chi connectivity index (χ1) is 9.73. The fourth-order valence-electron chi connectivity index (χ4n) is 1.42. The van der Waals surface area contributed by atoms with Crippen molar-refractivity contribution in [2.45, 2.75) is 19.2 Å². The number of benzene rings is 1. The molecular formula is C13H15F3N2O3. The molecule has 0 aliphatic carbocycles. The molecule has 0 aliphatic heterocycles. The summed E-state index contributed by atoms with van der Waals surface area (Å²) < 4.78 is 40.4. The zero-order valence-corrected chi connectivity index (χ0v) is 11.5. The van der Waals surface area contributed by atoms with E-state index in [4.69, 9.17) is 0 Å². The lowest BCUT2D eigenvalue weighted by atomic mass is 10.2. The van der Waals surface area contributed by atoms with Crippen LogP contribution >= 0.6 is 0 Å². The van der Waals surface area contributed by atoms with Gasteiger partial charge in [0.05, 0.1) is 0 Å². The number of anilines is 1. The van der Waals surface area contributed by atoms with Crippen LogP contribution in [0.1, 0.15) is 17.3 Å². The highest BCUT2D eigenvalue weighted by molar-refractivity contribution is 5.98. The highest BCUT2D eigenvalue weighted by Gasteiger charge is 2.29. The Balaban J connectivity index is 2.64. The van der Waals surface area contributed by atoms with E-state index in [1.54, 1.807) is 6.07 Å². The second-order valence-electron chi connectivity index (χ2n) is 4.22. The fraction of sp³-hybridized carbons (Fsp3) is 0.385. The molecule has 0 spiro atoms. The topological polar surface area (TPSA) is 67.4 Å². The van der Waals surface area contributed by atoms with E-state index in [1.165, 1.54) is 32.2 Å². The van der Waals surface area contributed by atoms with E-state index in [0.717, 1.165) is 0 Å². The molecule has 0 fully saturated rings. The highest BCUT2D eigenvalue weighted by Crippen LogP contribution is 2.16. The van der Waals surface area contributed by atoms with Gasteiger partial charge in [-0.3, -0.25) is 9.59 Å². The minimum Gasteiger partial charge on any atom is -0.359 e. The third-order valence-corrected chi connectivity index (χ3v) is 2.49. The van der Waals surface area contributed by atoms with Crippen LogP contribution in [-0.2, 0) is 9.53 Å². The Kier molecular flexibility index (Phi) is 5.71. The molecule has 0 bridgehead atoms. The lowest BCUT2D eigenvalue weighted by Gasteiger charge is -2.15. The van der Waals surface area contributed by atoms with Gasteiger partial charge in [0, 0.05) is 18.3 Å². The molecule has 0 heterocycles. The van der Waals surface area contributed by atoms with Crippen molar-refractivity contribution >= 4 is 17.5 Å². The van der Waals surface area contributed by atoms with Crippen molar-refractivity contribution in [3.05, 3.63) is 29.8 Å². The molecule has 2 amide bonds. The first-order valence-corrected chi connectivity index (χ1v) is 6.04. The minimum atomic E-state index is -4.49. The molecule has 1 rings (SSSR count). The average Bonchev–Trinajstić information content (AvgIpc) is 2.43. The average molecular weight is 304 g/mol. The molecule has 1 atom stereocenters. The first-order valence-electron chi connectivity index (χ1n) is 6.04. The van der Waals surface area contributed by atoms with Gasteiger partial charge in [-0.15, -0.1) is 0 Å². The van der Waals surface area contributed by atoms with Gasteiger partial charge in [-0.25, -0.2) is 0 Å². The molecule has 1 unspecified atom stereocenters. The Morgan fingerprint density at radius 3 is 2.57 bits per heavy atom. The number of carbonyl (C=O) groups is 2. The molecule has 0 aromatic heterocycles. The van der Waals surface area contributed by atoms with E-state index in [2.05, 4.69) is 15.4 Å². The zero-order valence-electron chi connectivity index (χ0n) is 11.5. The second-order valence-corrected chi connectivity index (χ2v) is 4.22. The third-order valence-electron chi connectivity index (χ3n) is 2.49. The summed E-state index contributed by atoms with van der Waals surface area (Å²) >= 11 is 0. The third kappa shape index (κ3) is 5.82. The highest BCUT2D eigenvalue weighted by atomic mass is 19.4. The number of alkyl halides is 3. The largest absolute Gasteiger partial charge is 0.411 e. The van der Waals surface area contributed by atoms with Gasteiger partial charge in [-0.05, 0) is 25.1 Å². The van der Waals surface area contributed by atoms with Crippen molar-refractivity contribution in [1.29, 1.82) is 0 Å². The van der Waals surface area contributed by atoms with Gasteiger partial charge in [0.25, 0.3) is 11.8 Å². The van der Waals surface area contributed by atoms with Crippen LogP contribution in [0.5, 0.6) is 0 Å². The van der Waals surface area contributed by atoms with E-state index < -0.39 is 24.8 Å². The number of amides is 2. The summed E-state index contributed by atoms with van der Waals surface area (Å²) in [6.07, 6.45) is -5.76. The quantitative estimate of drug-likeness (QED) is 0.874. The lowest BCUT2D eigenvalue weighted by molar-refractivity contribution is -0.184. The van der Waals surface area contributed by atoms with E-state index >= 15 is 0 Å². The number of nitrogens with one attached hydrogen (secondary N) is 2. The Morgan fingerprint density at radius 1 is 1.33 bits per heavy atom. The van der Waals surface area contributed by atoms with Gasteiger partial charge in [-0.2, -0.15) is 13.2 Å². The smallest absolute Gasteiger partial charge is 0.359 e. The standard InChI is InChI=1S/C13H15F3N2O3/c1-8(21-7-13(14,15)16)11(19)18-10-5-3-4-9(6-10)12(20)17-2/h3-6,8H,7H2,1-2H3,(H,17,20)(H,18,19). The van der Waals surface area contributed by atoms with Crippen molar-refractivity contribution in [1.82, 2.24) is 5.32 Å². The van der Waals surface area contributed by atoms with Crippen LogP contribution in [0.25, 0.3) is 0 Å². The molecule has 1 aromatic rings. The van der Waals surface area contributed by atoms with Crippen LogP contribution in [0.3, 0.4) is 0 Å². The summed E-state index contributed by atoms with van der Waals surface area (Å²) in [6.45, 7) is -0.288. The molecule has 116 valence electrons. The van der Waals surface area contributed by atoms with E-state index in [1.807, 2.05) is 0 Å². The summed E-state index contributed by atoms with van der Waals surface area (Å²) in [5.74, 6) is -1.07. The van der Waals surface area contributed by atoms with Crippen molar-refractivity contribution in [2.24, 2.45) is 0 Å². The van der Waals surface area contributed by atoms with E-state index in [0.29, 0.717) is 11.3 Å². The monoisotopic (exact) mass is 304 g/mol. The molecular weight excluding hydrogens is 289 g/mol. The van der Waals surface area contributed by atoms with Gasteiger partial charge < -0.3 is 15.4 Å². The maximum Gasteiger partial charge on any atom is 0.411 e. The number of carbonyl (C=O) groups excluding carboxylic acids is 2. The summed E-state index contributed by atoms with van der Waals surface area (Å²) in [7, 11) is 1.46. The number of rotatable bonds is 5. The van der Waals surface area contributed by atoms with Crippen molar-refractivity contribution in [3.8, 4) is 0 Å². The molecule has 8 heteroatoms. The molecule has 0 radical (unpaired) electrons. The molecule has 2 N–H and O–H groups in total. The Labute approximate surface area is 119 Å². The molecule has 0 saturated carbocycles. The van der Waals surface area contributed by atoms with Gasteiger partial charge >= 0.3 is 6.18 Å². The van der Waals surface area contributed by atoms with Crippen molar-refractivity contribution in [2.75, 3.05) is 19.0 Å². The van der Waals surface area contributed by atoms with Crippen LogP contribution in [0.2, 0.25) is 0 Å². The number of halogens is 3. The zero-order chi connectivity index (χ0) is 16.0. The van der Waals surface area contributed by atoms with Gasteiger partial charge in [-0.1, -0.05) is 6.07 Å². The molecule has 0 saturated heterocycles. The molecule has 0 aliphatic rings. The number of ether oxygens (including phenoxy) is 1. The summed E-state index contributed by atoms with van der Waals surface area (Å²) in [5.41, 5.74) is 0.614. The van der Waals surface area contributed by atoms with Crippen LogP contribution in [0.4, 0.5) is 18.9 Å². The van der Waals surface area contributed by atoms with Gasteiger partial charge in [0.15, 0.2) is 0 Å². The normalized spacial score (nSPS) is 12.6. The minimum absolute atomic E-state index is 0.295. The SMILES string of the molecule is CNC(=O)c1cccc(NC(=O)C(C)OCC(F)(F)F)c1. The Morgan fingerprint density at radius 2 is 2.00 bits per heavy atom. The molecule has 1 aromatic carbocycles.